The van der Waals surface area contributed by atoms with Crippen LogP contribution in [-0.2, 0) is 13.1 Å². The van der Waals surface area contributed by atoms with Crippen molar-refractivity contribution in [3.63, 3.8) is 0 Å². The van der Waals surface area contributed by atoms with Crippen molar-refractivity contribution in [3.8, 4) is 34.0 Å². The van der Waals surface area contributed by atoms with Gasteiger partial charge in [-0.15, -0.1) is 0 Å². The molecule has 4 rings (SSSR count). The molecule has 4 aromatic rings. The number of rotatable bonds is 8. The van der Waals surface area contributed by atoms with E-state index in [0.29, 0.717) is 0 Å². The summed E-state index contributed by atoms with van der Waals surface area (Å²) in [7, 11) is 3.26. The molecule has 2 heterocycles. The van der Waals surface area contributed by atoms with Crippen molar-refractivity contribution in [2.24, 2.45) is 0 Å². The first-order chi connectivity index (χ1) is 15.5. The van der Waals surface area contributed by atoms with Crippen LogP contribution >= 0.6 is 0 Å². The minimum Gasteiger partial charge on any atom is -0.497 e. The molecule has 0 bridgehead atoms. The molecule has 0 saturated heterocycles. The Hall–Kier alpha value is -4.14. The fourth-order valence-corrected chi connectivity index (χ4v) is 3.65. The van der Waals surface area contributed by atoms with Gasteiger partial charge in [-0.3, -0.25) is 0 Å². The molecule has 0 spiro atoms. The van der Waals surface area contributed by atoms with Crippen LogP contribution in [0.3, 0.4) is 0 Å². The minimum absolute atomic E-state index is 0.200. The van der Waals surface area contributed by atoms with Gasteiger partial charge in [-0.25, -0.2) is 4.68 Å². The molecule has 9 nitrogen and oxygen atoms in total. The smallest absolute Gasteiger partial charge is 0.389 e. The molecule has 2 aromatic carbocycles. The Bertz CT molecular complexity index is 1230. The lowest BCUT2D eigenvalue weighted by Gasteiger charge is -2.09. The molecule has 0 aliphatic heterocycles. The summed E-state index contributed by atoms with van der Waals surface area (Å²) in [6.07, 6.45) is 2.33. The Morgan fingerprint density at radius 1 is 0.906 bits per heavy atom. The quantitative estimate of drug-likeness (QED) is 0.302. The highest BCUT2D eigenvalue weighted by Gasteiger charge is 2.21. The lowest BCUT2D eigenvalue weighted by Crippen LogP contribution is -2.12. The van der Waals surface area contributed by atoms with E-state index >= 15 is 0 Å². The van der Waals surface area contributed by atoms with E-state index in [-0.39, 0.29) is 12.5 Å². The summed E-state index contributed by atoms with van der Waals surface area (Å²) in [4.78, 5) is 10.5. The van der Waals surface area contributed by atoms with Crippen LogP contribution in [0.2, 0.25) is 0 Å². The SMILES string of the molecule is CCc1c(-c2ccc(OC)cc2)nn(Cn2ccc([N+](=O)[O-])n2)c1-c1ccc(OC)cc1. The van der Waals surface area contributed by atoms with E-state index in [1.54, 1.807) is 20.4 Å². The molecule has 32 heavy (non-hydrogen) atoms. The maximum absolute atomic E-state index is 11.0. The number of ether oxygens (including phenoxy) is 2. The molecule has 0 radical (unpaired) electrons. The van der Waals surface area contributed by atoms with Crippen LogP contribution in [-0.4, -0.2) is 38.7 Å². The molecule has 0 fully saturated rings. The number of aromatic nitrogens is 4. The lowest BCUT2D eigenvalue weighted by molar-refractivity contribution is -0.389. The van der Waals surface area contributed by atoms with Crippen molar-refractivity contribution in [3.05, 3.63) is 76.5 Å². The number of hydrogen-bond donors (Lipinski definition) is 0. The van der Waals surface area contributed by atoms with Gasteiger partial charge in [0.1, 0.15) is 11.5 Å². The topological polar surface area (TPSA) is 97.2 Å². The van der Waals surface area contributed by atoms with Gasteiger partial charge in [0.15, 0.2) is 6.67 Å². The lowest BCUT2D eigenvalue weighted by atomic mass is 10.00. The van der Waals surface area contributed by atoms with Crippen LogP contribution in [0.25, 0.3) is 22.5 Å². The highest BCUT2D eigenvalue weighted by Crippen LogP contribution is 2.34. The van der Waals surface area contributed by atoms with Gasteiger partial charge in [0.2, 0.25) is 0 Å². The van der Waals surface area contributed by atoms with Gasteiger partial charge >= 0.3 is 5.82 Å². The normalized spacial score (nSPS) is 10.8. The van der Waals surface area contributed by atoms with Gasteiger partial charge in [-0.2, -0.15) is 9.78 Å². The Balaban J connectivity index is 1.84. The molecule has 164 valence electrons. The number of hydrogen-bond acceptors (Lipinski definition) is 6. The van der Waals surface area contributed by atoms with Gasteiger partial charge in [0.05, 0.1) is 43.0 Å². The zero-order valence-corrected chi connectivity index (χ0v) is 18.1. The van der Waals surface area contributed by atoms with Gasteiger partial charge in [-0.05, 0) is 59.9 Å². The predicted octanol–water partition coefficient (Wildman–Crippen LogP) is 4.41. The van der Waals surface area contributed by atoms with Crippen LogP contribution in [0.5, 0.6) is 11.5 Å². The first-order valence-corrected chi connectivity index (χ1v) is 10.1. The van der Waals surface area contributed by atoms with Crippen LogP contribution in [0.15, 0.2) is 60.8 Å². The summed E-state index contributed by atoms with van der Waals surface area (Å²) in [6, 6.07) is 16.9. The average Bonchev–Trinajstić information content (AvgIpc) is 3.44. The third kappa shape index (κ3) is 4.04. The molecular weight excluding hydrogens is 410 g/mol. The zero-order valence-electron chi connectivity index (χ0n) is 18.1. The summed E-state index contributed by atoms with van der Waals surface area (Å²) in [6.45, 7) is 2.32. The summed E-state index contributed by atoms with van der Waals surface area (Å²) in [5.74, 6) is 1.33. The first-order valence-electron chi connectivity index (χ1n) is 10.1. The Labute approximate surface area is 185 Å². The number of methoxy groups -OCH3 is 2. The number of nitro groups is 1. The summed E-state index contributed by atoms with van der Waals surface area (Å²) in [5.41, 5.74) is 4.78. The average molecular weight is 433 g/mol. The van der Waals surface area contributed by atoms with E-state index in [4.69, 9.17) is 14.6 Å². The van der Waals surface area contributed by atoms with Crippen LogP contribution < -0.4 is 9.47 Å². The van der Waals surface area contributed by atoms with E-state index in [9.17, 15) is 10.1 Å². The summed E-state index contributed by atoms with van der Waals surface area (Å²) < 4.78 is 13.9. The highest BCUT2D eigenvalue weighted by atomic mass is 16.6. The summed E-state index contributed by atoms with van der Waals surface area (Å²) in [5, 5.41) is 20.0. The molecule has 0 aliphatic rings. The second kappa shape index (κ2) is 8.93. The van der Waals surface area contributed by atoms with Crippen molar-refractivity contribution in [1.82, 2.24) is 19.6 Å². The number of nitrogens with zero attached hydrogens (tertiary/aromatic N) is 5. The minimum atomic E-state index is -0.510. The van der Waals surface area contributed by atoms with Crippen molar-refractivity contribution in [2.45, 2.75) is 20.0 Å². The highest BCUT2D eigenvalue weighted by molar-refractivity contribution is 5.75. The Morgan fingerprint density at radius 3 is 2.00 bits per heavy atom. The van der Waals surface area contributed by atoms with Gasteiger partial charge in [0.25, 0.3) is 0 Å². The standard InChI is InChI=1S/C23H23N5O4/c1-4-20-22(16-5-9-18(31-2)10-6-16)25-27(15-26-14-13-21(24-26)28(29)30)23(20)17-7-11-19(32-3)12-8-17/h5-14H,4,15H2,1-3H3. The fraction of sp³-hybridized carbons (Fsp3) is 0.217. The number of benzene rings is 2. The third-order valence-corrected chi connectivity index (χ3v) is 5.22. The zero-order chi connectivity index (χ0) is 22.7. The molecule has 0 N–H and O–H groups in total. The van der Waals surface area contributed by atoms with Crippen LogP contribution in [0.4, 0.5) is 5.82 Å². The molecule has 9 heteroatoms. The van der Waals surface area contributed by atoms with E-state index in [0.717, 1.165) is 46.0 Å². The van der Waals surface area contributed by atoms with Crippen molar-refractivity contribution < 1.29 is 14.4 Å². The molecular formula is C23H23N5O4. The van der Waals surface area contributed by atoms with Gasteiger partial charge in [0, 0.05) is 16.7 Å². The van der Waals surface area contributed by atoms with E-state index in [1.807, 2.05) is 53.2 Å². The van der Waals surface area contributed by atoms with E-state index in [2.05, 4.69) is 12.0 Å². The van der Waals surface area contributed by atoms with E-state index in [1.165, 1.54) is 10.7 Å². The Morgan fingerprint density at radius 2 is 1.50 bits per heavy atom. The fourth-order valence-electron chi connectivity index (χ4n) is 3.65. The molecule has 0 saturated carbocycles. The largest absolute Gasteiger partial charge is 0.497 e. The first kappa shape index (κ1) is 21.1. The molecule has 0 amide bonds. The molecule has 0 atom stereocenters. The van der Waals surface area contributed by atoms with Crippen molar-refractivity contribution in [2.75, 3.05) is 14.2 Å². The Kier molecular flexibility index (Phi) is 5.89. The maximum Gasteiger partial charge on any atom is 0.389 e. The van der Waals surface area contributed by atoms with Crippen LogP contribution in [0.1, 0.15) is 12.5 Å². The molecule has 0 aliphatic carbocycles. The van der Waals surface area contributed by atoms with Gasteiger partial charge in [-0.1, -0.05) is 6.92 Å². The van der Waals surface area contributed by atoms with Crippen molar-refractivity contribution in [1.29, 1.82) is 0 Å². The maximum atomic E-state index is 11.0. The second-order valence-electron chi connectivity index (χ2n) is 7.10. The van der Waals surface area contributed by atoms with Gasteiger partial charge < -0.3 is 19.6 Å². The third-order valence-electron chi connectivity index (χ3n) is 5.22. The van der Waals surface area contributed by atoms with E-state index < -0.39 is 4.92 Å². The predicted molar refractivity (Wildman–Crippen MR) is 120 cm³/mol. The van der Waals surface area contributed by atoms with Crippen LogP contribution in [0, 0.1) is 10.1 Å². The molecule has 0 unspecified atom stereocenters. The van der Waals surface area contributed by atoms with Crippen molar-refractivity contribution >= 4 is 5.82 Å². The summed E-state index contributed by atoms with van der Waals surface area (Å²) >= 11 is 0. The molecule has 2 aromatic heterocycles. The second-order valence-corrected chi connectivity index (χ2v) is 7.10. The monoisotopic (exact) mass is 433 g/mol.